The van der Waals surface area contributed by atoms with Gasteiger partial charge in [0.25, 0.3) is 0 Å². The number of rotatable bonds is 5. The number of Topliss-reactive ketones (excluding diaryl/α,β-unsaturated/α-hetero) is 1. The van der Waals surface area contributed by atoms with E-state index in [1.54, 1.807) is 37.3 Å². The van der Waals surface area contributed by atoms with E-state index in [-0.39, 0.29) is 16.0 Å². The lowest BCUT2D eigenvalue weighted by Crippen LogP contribution is -2.29. The van der Waals surface area contributed by atoms with Crippen molar-refractivity contribution in [3.8, 4) is 0 Å². The first-order valence-corrected chi connectivity index (χ1v) is 12.4. The first-order valence-electron chi connectivity index (χ1n) is 10.1. The molecular weight excluding hydrogens is 533 g/mol. The van der Waals surface area contributed by atoms with Crippen LogP contribution in [-0.4, -0.2) is 26.5 Å². The van der Waals surface area contributed by atoms with Crippen LogP contribution in [0.2, 0.25) is 0 Å². The summed E-state index contributed by atoms with van der Waals surface area (Å²) in [6.45, 7) is 1.73. The summed E-state index contributed by atoms with van der Waals surface area (Å²) < 4.78 is 75.5. The maximum atomic E-state index is 14.1. The number of alkyl halides is 3. The fourth-order valence-corrected chi connectivity index (χ4v) is 5.85. The third kappa shape index (κ3) is 4.54. The largest absolute Gasteiger partial charge is 0.475 e. The maximum Gasteiger partial charge on any atom is 0.450 e. The highest BCUT2D eigenvalue weighted by molar-refractivity contribution is 9.10. The van der Waals surface area contributed by atoms with E-state index in [1.807, 2.05) is 0 Å². The van der Waals surface area contributed by atoms with Crippen molar-refractivity contribution in [2.24, 2.45) is 0 Å². The molecule has 4 nitrogen and oxygen atoms in total. The van der Waals surface area contributed by atoms with Crippen molar-refractivity contribution >= 4 is 31.6 Å². The molecule has 0 saturated carbocycles. The zero-order valence-corrected chi connectivity index (χ0v) is 20.1. The summed E-state index contributed by atoms with van der Waals surface area (Å²) in [4.78, 5) is 12.0. The Hall–Kier alpha value is -2.91. The smallest absolute Gasteiger partial charge is 0.450 e. The molecule has 1 aliphatic heterocycles. The Labute approximate surface area is 203 Å². The molecule has 0 fully saturated rings. The summed E-state index contributed by atoms with van der Waals surface area (Å²) in [6, 6.07) is 19.3. The Kier molecular flexibility index (Phi) is 6.44. The van der Waals surface area contributed by atoms with E-state index in [0.29, 0.717) is 4.47 Å². The van der Waals surface area contributed by atoms with Crippen LogP contribution in [0.25, 0.3) is 0 Å². The molecule has 1 heterocycles. The number of hydrogen-bond donors (Lipinski definition) is 0. The summed E-state index contributed by atoms with van der Waals surface area (Å²) >= 11 is 3.27. The molecule has 0 bridgehead atoms. The van der Waals surface area contributed by atoms with E-state index >= 15 is 0 Å². The highest BCUT2D eigenvalue weighted by atomic mass is 79.9. The van der Waals surface area contributed by atoms with Crippen LogP contribution < -0.4 is 0 Å². The van der Waals surface area contributed by atoms with Gasteiger partial charge in [-0.05, 0) is 36.8 Å². The fourth-order valence-electron chi connectivity index (χ4n) is 3.84. The summed E-state index contributed by atoms with van der Waals surface area (Å²) in [5.41, 5.74) is 1.07. The second-order valence-electron chi connectivity index (χ2n) is 7.81. The SMILES string of the molecule is Cc1ccc(S(=O)(=O)C2=C(C(F)(F)F)O[C@@H](C(=O)c3ccccc3)[C@@H]2c2ccc(Br)cc2)cc1. The van der Waals surface area contributed by atoms with E-state index < -0.39 is 44.5 Å². The number of allylic oxidation sites excluding steroid dienone is 1. The lowest BCUT2D eigenvalue weighted by Gasteiger charge is -2.21. The van der Waals surface area contributed by atoms with Crippen LogP contribution in [0.3, 0.4) is 0 Å². The van der Waals surface area contributed by atoms with Gasteiger partial charge in [0.05, 0.1) is 10.8 Å². The number of benzene rings is 3. The number of hydrogen-bond acceptors (Lipinski definition) is 4. The number of ether oxygens (including phenoxy) is 1. The van der Waals surface area contributed by atoms with E-state index in [1.165, 1.54) is 48.5 Å². The lowest BCUT2D eigenvalue weighted by atomic mass is 9.89. The molecule has 0 saturated heterocycles. The van der Waals surface area contributed by atoms with Crippen LogP contribution in [0, 0.1) is 6.92 Å². The predicted molar refractivity (Wildman–Crippen MR) is 124 cm³/mol. The molecule has 0 N–H and O–H groups in total. The maximum absolute atomic E-state index is 14.1. The second kappa shape index (κ2) is 9.03. The van der Waals surface area contributed by atoms with E-state index in [4.69, 9.17) is 4.74 Å². The monoisotopic (exact) mass is 550 g/mol. The summed E-state index contributed by atoms with van der Waals surface area (Å²) in [7, 11) is -4.67. The molecule has 4 rings (SSSR count). The third-order valence-corrected chi connectivity index (χ3v) is 7.92. The zero-order chi connectivity index (χ0) is 24.7. The predicted octanol–water partition coefficient (Wildman–Crippen LogP) is 6.37. The van der Waals surface area contributed by atoms with Crippen LogP contribution >= 0.6 is 15.9 Å². The Bertz CT molecular complexity index is 1350. The molecule has 0 aromatic heterocycles. The number of sulfone groups is 1. The van der Waals surface area contributed by atoms with Gasteiger partial charge >= 0.3 is 6.18 Å². The van der Waals surface area contributed by atoms with Crippen LogP contribution in [0.4, 0.5) is 13.2 Å². The Morgan fingerprint density at radius 2 is 1.50 bits per heavy atom. The molecule has 0 spiro atoms. The highest BCUT2D eigenvalue weighted by Crippen LogP contribution is 2.49. The molecule has 34 heavy (non-hydrogen) atoms. The normalized spacial score (nSPS) is 18.6. The van der Waals surface area contributed by atoms with Crippen LogP contribution in [-0.2, 0) is 14.6 Å². The first-order chi connectivity index (χ1) is 16.0. The van der Waals surface area contributed by atoms with Crippen molar-refractivity contribution in [1.82, 2.24) is 0 Å². The van der Waals surface area contributed by atoms with Gasteiger partial charge in [0.2, 0.25) is 21.4 Å². The van der Waals surface area contributed by atoms with Gasteiger partial charge in [0.1, 0.15) is 4.91 Å². The van der Waals surface area contributed by atoms with Crippen molar-refractivity contribution in [2.75, 3.05) is 0 Å². The number of aryl methyl sites for hydroxylation is 1. The summed E-state index contributed by atoms with van der Waals surface area (Å²) in [5, 5.41) is 0. The minimum Gasteiger partial charge on any atom is -0.475 e. The Balaban J connectivity index is 1.96. The molecule has 3 aromatic carbocycles. The molecule has 0 aliphatic carbocycles. The van der Waals surface area contributed by atoms with Crippen LogP contribution in [0.5, 0.6) is 0 Å². The van der Waals surface area contributed by atoms with Crippen molar-refractivity contribution in [2.45, 2.75) is 30.0 Å². The van der Waals surface area contributed by atoms with Crippen LogP contribution in [0.1, 0.15) is 27.4 Å². The molecule has 0 unspecified atom stereocenters. The van der Waals surface area contributed by atoms with Crippen LogP contribution in [0.15, 0.2) is 98.9 Å². The standard InChI is InChI=1S/C25H18BrF3O4S/c1-15-7-13-19(14-8-15)34(31,32)23-20(16-9-11-18(26)12-10-16)22(33-24(23)25(27,28)29)21(30)17-5-3-2-4-6-17/h2-14,20,22H,1H3/t20-,22+/m0/s1. The molecule has 2 atom stereocenters. The molecule has 0 amide bonds. The van der Waals surface area contributed by atoms with Gasteiger partial charge in [-0.25, -0.2) is 8.42 Å². The molecule has 1 aliphatic rings. The zero-order valence-electron chi connectivity index (χ0n) is 17.7. The van der Waals surface area contributed by atoms with Gasteiger partial charge in [0, 0.05) is 10.0 Å². The molecule has 0 radical (unpaired) electrons. The molecule has 9 heteroatoms. The number of halogens is 4. The molecule has 3 aromatic rings. The third-order valence-electron chi connectivity index (χ3n) is 5.48. The Morgan fingerprint density at radius 3 is 2.06 bits per heavy atom. The van der Waals surface area contributed by atoms with E-state index in [2.05, 4.69) is 15.9 Å². The lowest BCUT2D eigenvalue weighted by molar-refractivity contribution is -0.131. The Morgan fingerprint density at radius 1 is 0.912 bits per heavy atom. The quantitative estimate of drug-likeness (QED) is 0.346. The topological polar surface area (TPSA) is 60.4 Å². The van der Waals surface area contributed by atoms with Gasteiger partial charge in [-0.3, -0.25) is 4.79 Å². The highest BCUT2D eigenvalue weighted by Gasteiger charge is 2.55. The van der Waals surface area contributed by atoms with Gasteiger partial charge in [0.15, 0.2) is 6.10 Å². The van der Waals surface area contributed by atoms with Crippen molar-refractivity contribution in [1.29, 1.82) is 0 Å². The van der Waals surface area contributed by atoms with Gasteiger partial charge in [-0.1, -0.05) is 76.1 Å². The number of carbonyl (C=O) groups excluding carboxylic acids is 1. The van der Waals surface area contributed by atoms with E-state index in [9.17, 15) is 26.4 Å². The van der Waals surface area contributed by atoms with Crippen molar-refractivity contribution < 1.29 is 31.1 Å². The molecule has 176 valence electrons. The second-order valence-corrected chi connectivity index (χ2v) is 10.6. The summed E-state index contributed by atoms with van der Waals surface area (Å²) in [6.07, 6.45) is -6.85. The van der Waals surface area contributed by atoms with Gasteiger partial charge < -0.3 is 4.74 Å². The number of ketones is 1. The minimum absolute atomic E-state index is 0.116. The van der Waals surface area contributed by atoms with Gasteiger partial charge in [-0.2, -0.15) is 13.2 Å². The minimum atomic E-state index is -5.13. The van der Waals surface area contributed by atoms with Gasteiger partial charge in [-0.15, -0.1) is 0 Å². The molecular formula is C25H18BrF3O4S. The number of carbonyl (C=O) groups is 1. The van der Waals surface area contributed by atoms with E-state index in [0.717, 1.165) is 5.56 Å². The fraction of sp³-hybridized carbons (Fsp3) is 0.160. The summed E-state index contributed by atoms with van der Waals surface area (Å²) in [5.74, 6) is -3.91. The van der Waals surface area contributed by atoms with Crippen molar-refractivity contribution in [3.63, 3.8) is 0 Å². The first kappa shape index (κ1) is 24.2. The van der Waals surface area contributed by atoms with Crippen molar-refractivity contribution in [3.05, 3.63) is 111 Å². The average Bonchev–Trinajstić information content (AvgIpc) is 3.22. The average molecular weight is 551 g/mol.